The van der Waals surface area contributed by atoms with Gasteiger partial charge in [-0.1, -0.05) is 133 Å². The predicted molar refractivity (Wildman–Crippen MR) is 200 cm³/mol. The molecule has 226 valence electrons. The maximum absolute atomic E-state index is 6.41. The Morgan fingerprint density at radius 3 is 0.875 bits per heavy atom. The van der Waals surface area contributed by atoms with Gasteiger partial charge in [-0.05, 0) is 103 Å². The molecular formula is C46H30O2. The van der Waals surface area contributed by atoms with Crippen molar-refractivity contribution in [3.63, 3.8) is 0 Å². The van der Waals surface area contributed by atoms with Crippen LogP contribution in [0.5, 0.6) is 23.0 Å². The zero-order valence-corrected chi connectivity index (χ0v) is 26.1. The minimum atomic E-state index is 0.822. The zero-order valence-electron chi connectivity index (χ0n) is 26.1. The summed E-state index contributed by atoms with van der Waals surface area (Å²) in [4.78, 5) is 0. The van der Waals surface area contributed by atoms with Crippen molar-refractivity contribution in [3.8, 4) is 45.3 Å². The summed E-state index contributed by atoms with van der Waals surface area (Å²) in [6.45, 7) is 0. The Labute approximate surface area is 279 Å². The Balaban J connectivity index is 1.30. The topological polar surface area (TPSA) is 18.5 Å². The molecule has 0 fully saturated rings. The predicted octanol–water partition coefficient (Wildman–Crippen LogP) is 13.2. The lowest BCUT2D eigenvalue weighted by molar-refractivity contribution is 0.488. The van der Waals surface area contributed by atoms with Crippen molar-refractivity contribution in [3.05, 3.63) is 182 Å². The molecule has 0 amide bonds. The van der Waals surface area contributed by atoms with E-state index in [1.807, 2.05) is 60.7 Å². The van der Waals surface area contributed by atoms with E-state index in [1.54, 1.807) is 0 Å². The Kier molecular flexibility index (Phi) is 6.84. The monoisotopic (exact) mass is 614 g/mol. The van der Waals surface area contributed by atoms with Gasteiger partial charge in [-0.25, -0.2) is 0 Å². The van der Waals surface area contributed by atoms with Crippen LogP contribution in [-0.4, -0.2) is 0 Å². The highest BCUT2D eigenvalue weighted by Crippen LogP contribution is 2.48. The lowest BCUT2D eigenvalue weighted by Gasteiger charge is -2.21. The number of ether oxygens (including phenoxy) is 2. The van der Waals surface area contributed by atoms with E-state index in [1.165, 1.54) is 43.8 Å². The van der Waals surface area contributed by atoms with Crippen LogP contribution in [-0.2, 0) is 0 Å². The molecule has 0 aliphatic rings. The van der Waals surface area contributed by atoms with E-state index in [2.05, 4.69) is 121 Å². The van der Waals surface area contributed by atoms with Crippen LogP contribution < -0.4 is 9.47 Å². The first-order valence-electron chi connectivity index (χ1n) is 16.3. The number of hydrogen-bond acceptors (Lipinski definition) is 2. The highest BCUT2D eigenvalue weighted by atomic mass is 16.5. The van der Waals surface area contributed by atoms with Crippen molar-refractivity contribution >= 4 is 43.1 Å². The largest absolute Gasteiger partial charge is 0.457 e. The highest BCUT2D eigenvalue weighted by molar-refractivity contribution is 6.25. The fourth-order valence-electron chi connectivity index (χ4n) is 7.10. The van der Waals surface area contributed by atoms with Crippen molar-refractivity contribution in [2.75, 3.05) is 0 Å². The first-order chi connectivity index (χ1) is 23.8. The normalized spacial score (nSPS) is 11.3. The van der Waals surface area contributed by atoms with Crippen molar-refractivity contribution in [1.82, 2.24) is 0 Å². The fraction of sp³-hybridized carbons (Fsp3) is 0. The lowest BCUT2D eigenvalue weighted by Crippen LogP contribution is -1.94. The standard InChI is InChI=1S/C46H30O2/c1-3-15-31(16-4-1)47-43-29-27-41(33-19-7-9-21-35(33)43)45-37-23-11-13-25-39(37)46(40-26-14-12-24-38(40)45)42-28-30-44(36-22-10-8-20-34(36)42)48-32-17-5-2-6-18-32/h1-30H. The lowest BCUT2D eigenvalue weighted by atomic mass is 9.83. The van der Waals surface area contributed by atoms with Gasteiger partial charge in [0.2, 0.25) is 0 Å². The summed E-state index contributed by atoms with van der Waals surface area (Å²) in [6.07, 6.45) is 0. The first kappa shape index (κ1) is 27.9. The van der Waals surface area contributed by atoms with Gasteiger partial charge < -0.3 is 9.47 Å². The third-order valence-corrected chi connectivity index (χ3v) is 9.18. The molecule has 0 atom stereocenters. The zero-order chi connectivity index (χ0) is 31.9. The average molecular weight is 615 g/mol. The maximum atomic E-state index is 6.41. The maximum Gasteiger partial charge on any atom is 0.135 e. The van der Waals surface area contributed by atoms with Crippen LogP contribution in [0, 0.1) is 0 Å². The molecule has 0 radical (unpaired) electrons. The highest BCUT2D eigenvalue weighted by Gasteiger charge is 2.20. The molecule has 0 aliphatic heterocycles. The second kappa shape index (κ2) is 11.8. The van der Waals surface area contributed by atoms with E-state index in [9.17, 15) is 0 Å². The average Bonchev–Trinajstić information content (AvgIpc) is 3.15. The van der Waals surface area contributed by atoms with Crippen LogP contribution >= 0.6 is 0 Å². The van der Waals surface area contributed by atoms with Crippen LogP contribution in [0.25, 0.3) is 65.3 Å². The van der Waals surface area contributed by atoms with Gasteiger partial charge >= 0.3 is 0 Å². The SMILES string of the molecule is c1ccc(Oc2ccc(-c3c4ccccc4c(-c4ccc(Oc5ccccc5)c5ccccc45)c4ccccc34)c3ccccc23)cc1. The summed E-state index contributed by atoms with van der Waals surface area (Å²) in [5, 5.41) is 9.31. The van der Waals surface area contributed by atoms with Gasteiger partial charge in [-0.2, -0.15) is 0 Å². The summed E-state index contributed by atoms with van der Waals surface area (Å²) in [5.41, 5.74) is 4.81. The summed E-state index contributed by atoms with van der Waals surface area (Å²) < 4.78 is 12.8. The van der Waals surface area contributed by atoms with Gasteiger partial charge in [0.25, 0.3) is 0 Å². The summed E-state index contributed by atoms with van der Waals surface area (Å²) in [7, 11) is 0. The number of hydrogen-bond donors (Lipinski definition) is 0. The quantitative estimate of drug-likeness (QED) is 0.174. The Morgan fingerprint density at radius 1 is 0.229 bits per heavy atom. The van der Waals surface area contributed by atoms with E-state index in [0.717, 1.165) is 44.5 Å². The Hall–Kier alpha value is -6.38. The number of para-hydroxylation sites is 2. The van der Waals surface area contributed by atoms with Crippen molar-refractivity contribution in [1.29, 1.82) is 0 Å². The molecule has 0 heterocycles. The molecule has 9 aromatic carbocycles. The number of fused-ring (bicyclic) bond motifs is 4. The number of benzene rings is 9. The second-order valence-corrected chi connectivity index (χ2v) is 12.0. The Bertz CT molecular complexity index is 2370. The molecule has 0 aromatic heterocycles. The van der Waals surface area contributed by atoms with Crippen molar-refractivity contribution in [2.45, 2.75) is 0 Å². The Morgan fingerprint density at radius 2 is 0.521 bits per heavy atom. The van der Waals surface area contributed by atoms with E-state index in [4.69, 9.17) is 9.47 Å². The molecule has 0 bridgehead atoms. The molecule has 0 aliphatic carbocycles. The smallest absolute Gasteiger partial charge is 0.135 e. The molecule has 2 nitrogen and oxygen atoms in total. The van der Waals surface area contributed by atoms with E-state index in [0.29, 0.717) is 0 Å². The van der Waals surface area contributed by atoms with Crippen LogP contribution in [0.15, 0.2) is 182 Å². The molecule has 0 unspecified atom stereocenters. The van der Waals surface area contributed by atoms with Gasteiger partial charge in [0, 0.05) is 10.8 Å². The molecule has 0 spiro atoms. The van der Waals surface area contributed by atoms with E-state index in [-0.39, 0.29) is 0 Å². The first-order valence-corrected chi connectivity index (χ1v) is 16.3. The molecule has 0 saturated carbocycles. The van der Waals surface area contributed by atoms with Crippen LogP contribution in [0.1, 0.15) is 0 Å². The van der Waals surface area contributed by atoms with Gasteiger partial charge in [-0.3, -0.25) is 0 Å². The van der Waals surface area contributed by atoms with Crippen molar-refractivity contribution < 1.29 is 9.47 Å². The van der Waals surface area contributed by atoms with Crippen LogP contribution in [0.3, 0.4) is 0 Å². The van der Waals surface area contributed by atoms with Gasteiger partial charge in [0.05, 0.1) is 0 Å². The summed E-state index contributed by atoms with van der Waals surface area (Å²) in [6, 6.07) is 63.4. The number of rotatable bonds is 6. The molecular weight excluding hydrogens is 585 g/mol. The third kappa shape index (κ3) is 4.74. The summed E-state index contributed by atoms with van der Waals surface area (Å²) >= 11 is 0. The summed E-state index contributed by atoms with van der Waals surface area (Å²) in [5.74, 6) is 3.33. The van der Waals surface area contributed by atoms with E-state index < -0.39 is 0 Å². The molecule has 9 rings (SSSR count). The van der Waals surface area contributed by atoms with Crippen LogP contribution in [0.2, 0.25) is 0 Å². The minimum Gasteiger partial charge on any atom is -0.457 e. The fourth-order valence-corrected chi connectivity index (χ4v) is 7.10. The van der Waals surface area contributed by atoms with Gasteiger partial charge in [-0.15, -0.1) is 0 Å². The molecule has 9 aromatic rings. The second-order valence-electron chi connectivity index (χ2n) is 12.0. The molecule has 0 N–H and O–H groups in total. The van der Waals surface area contributed by atoms with Crippen LogP contribution in [0.4, 0.5) is 0 Å². The molecule has 0 saturated heterocycles. The van der Waals surface area contributed by atoms with E-state index >= 15 is 0 Å². The minimum absolute atomic E-state index is 0.822. The third-order valence-electron chi connectivity index (χ3n) is 9.18. The molecule has 2 heteroatoms. The van der Waals surface area contributed by atoms with Gasteiger partial charge in [0.1, 0.15) is 23.0 Å². The van der Waals surface area contributed by atoms with Gasteiger partial charge in [0.15, 0.2) is 0 Å². The molecule has 48 heavy (non-hydrogen) atoms. The van der Waals surface area contributed by atoms with Crippen molar-refractivity contribution in [2.24, 2.45) is 0 Å².